The summed E-state index contributed by atoms with van der Waals surface area (Å²) in [6.07, 6.45) is 4.03. The molecular formula is C36H27ClFN3O8. The van der Waals surface area contributed by atoms with Crippen LogP contribution < -0.4 is 14.5 Å². The number of amides is 4. The smallest absolute Gasteiger partial charge is 0.269 e. The standard InChI is InChI=1S/C36H27ClFN3O8/c1-36-26(33(44)40(35(36)46)21-6-10-28(38)27(37)14-21)15-25-23(31(36)18-12-17-13-22(42)7-11-29(17)49-16-18)8-9-24-30(25)34(45)39(32(24)43)19-2-4-20(5-3-19)41(47)48/h2-8,10-11,13-14,16,24-26,30-31,42H,9,12,15H2,1H3. The molecule has 0 spiro atoms. The molecule has 3 heterocycles. The molecule has 6 unspecified atom stereocenters. The van der Waals surface area contributed by atoms with Crippen molar-refractivity contribution in [2.24, 2.45) is 35.0 Å². The van der Waals surface area contributed by atoms with E-state index in [2.05, 4.69) is 0 Å². The third-order valence-corrected chi connectivity index (χ3v) is 11.2. The van der Waals surface area contributed by atoms with Gasteiger partial charge >= 0.3 is 0 Å². The second-order valence-electron chi connectivity index (χ2n) is 13.3. The van der Waals surface area contributed by atoms with E-state index in [0.29, 0.717) is 16.9 Å². The molecule has 0 bridgehead atoms. The summed E-state index contributed by atoms with van der Waals surface area (Å²) < 4.78 is 20.1. The zero-order valence-electron chi connectivity index (χ0n) is 25.8. The SMILES string of the molecule is CC12C(=O)N(c3ccc(F)c(Cl)c3)C(=O)C1CC1C(=CCC3C(=O)N(c4ccc([N+](=O)[O-])cc4)C(=O)C31)C2C1=COc2ccc(O)cc2C1. The van der Waals surface area contributed by atoms with Crippen LogP contribution in [-0.4, -0.2) is 33.7 Å². The number of anilines is 2. The first-order valence-electron chi connectivity index (χ1n) is 15.7. The minimum absolute atomic E-state index is 0.0295. The average Bonchev–Trinajstić information content (AvgIpc) is 3.45. The van der Waals surface area contributed by atoms with Gasteiger partial charge in [-0.3, -0.25) is 34.2 Å². The quantitative estimate of drug-likeness (QED) is 0.155. The number of carbonyl (C=O) groups is 4. The fraction of sp³-hybridized carbons (Fsp3) is 0.278. The van der Waals surface area contributed by atoms with Gasteiger partial charge in [0.2, 0.25) is 23.6 Å². The Balaban J connectivity index is 1.23. The molecule has 11 nitrogen and oxygen atoms in total. The van der Waals surface area contributed by atoms with Crippen molar-refractivity contribution in [3.63, 3.8) is 0 Å². The predicted molar refractivity (Wildman–Crippen MR) is 173 cm³/mol. The van der Waals surface area contributed by atoms with Crippen LogP contribution in [0.2, 0.25) is 5.02 Å². The van der Waals surface area contributed by atoms with Gasteiger partial charge in [0.1, 0.15) is 17.3 Å². The zero-order valence-corrected chi connectivity index (χ0v) is 26.6. The van der Waals surface area contributed by atoms with E-state index in [1.54, 1.807) is 25.3 Å². The van der Waals surface area contributed by atoms with E-state index in [-0.39, 0.29) is 47.1 Å². The molecule has 3 fully saturated rings. The number of ether oxygens (including phenoxy) is 1. The summed E-state index contributed by atoms with van der Waals surface area (Å²) in [7, 11) is 0. The highest BCUT2D eigenvalue weighted by Crippen LogP contribution is 2.63. The minimum Gasteiger partial charge on any atom is -0.508 e. The van der Waals surface area contributed by atoms with Crippen LogP contribution in [0.4, 0.5) is 21.5 Å². The Bertz CT molecular complexity index is 2100. The number of phenols is 1. The van der Waals surface area contributed by atoms with Crippen LogP contribution in [-0.2, 0) is 25.6 Å². The Labute approximate surface area is 283 Å². The summed E-state index contributed by atoms with van der Waals surface area (Å²) in [5.41, 5.74) is 0.846. The number of hydrogen-bond acceptors (Lipinski definition) is 8. The van der Waals surface area contributed by atoms with Gasteiger partial charge < -0.3 is 9.84 Å². The first-order valence-corrected chi connectivity index (χ1v) is 16.1. The largest absolute Gasteiger partial charge is 0.508 e. The summed E-state index contributed by atoms with van der Waals surface area (Å²) in [5, 5.41) is 21.2. The maximum absolute atomic E-state index is 14.6. The lowest BCUT2D eigenvalue weighted by Gasteiger charge is -2.49. The summed E-state index contributed by atoms with van der Waals surface area (Å²) in [5.74, 6) is -5.98. The van der Waals surface area contributed by atoms with Gasteiger partial charge in [0, 0.05) is 30.0 Å². The number of phenolic OH excluding ortho intramolecular Hbond substituents is 1. The van der Waals surface area contributed by atoms with E-state index >= 15 is 0 Å². The van der Waals surface area contributed by atoms with Gasteiger partial charge in [-0.2, -0.15) is 0 Å². The normalized spacial score (nSPS) is 28.7. The van der Waals surface area contributed by atoms with Crippen molar-refractivity contribution in [1.82, 2.24) is 0 Å². The van der Waals surface area contributed by atoms with Gasteiger partial charge in [-0.05, 0) is 79.8 Å². The monoisotopic (exact) mass is 683 g/mol. The summed E-state index contributed by atoms with van der Waals surface area (Å²) in [6.45, 7) is 1.72. The Kier molecular flexibility index (Phi) is 6.84. The number of benzene rings is 3. The van der Waals surface area contributed by atoms with Crippen molar-refractivity contribution in [2.75, 3.05) is 9.80 Å². The van der Waals surface area contributed by atoms with Gasteiger partial charge in [0.15, 0.2) is 0 Å². The fourth-order valence-electron chi connectivity index (χ4n) is 8.69. The van der Waals surface area contributed by atoms with Crippen molar-refractivity contribution in [2.45, 2.75) is 26.2 Å². The Morgan fingerprint density at radius 2 is 1.69 bits per heavy atom. The Hall–Kier alpha value is -5.36. The van der Waals surface area contributed by atoms with Crippen LogP contribution in [0.5, 0.6) is 11.5 Å². The second kappa shape index (κ2) is 10.8. The average molecular weight is 684 g/mol. The topological polar surface area (TPSA) is 147 Å². The van der Waals surface area contributed by atoms with E-state index in [1.165, 1.54) is 42.5 Å². The highest BCUT2D eigenvalue weighted by Gasteiger charge is 2.68. The van der Waals surface area contributed by atoms with Crippen molar-refractivity contribution in [3.05, 3.63) is 111 Å². The third kappa shape index (κ3) is 4.39. The first-order chi connectivity index (χ1) is 23.4. The minimum atomic E-state index is -1.36. The number of hydrogen-bond donors (Lipinski definition) is 1. The summed E-state index contributed by atoms with van der Waals surface area (Å²) in [6, 6.07) is 13.5. The van der Waals surface area contributed by atoms with Crippen LogP contribution in [0, 0.1) is 50.9 Å². The molecule has 2 aliphatic carbocycles. The molecular weight excluding hydrogens is 657 g/mol. The molecule has 8 rings (SSSR count). The number of halogens is 2. The van der Waals surface area contributed by atoms with Gasteiger partial charge in [-0.25, -0.2) is 9.29 Å². The number of non-ortho nitro benzene ring substituents is 1. The molecule has 248 valence electrons. The van der Waals surface area contributed by atoms with Gasteiger partial charge in [-0.1, -0.05) is 23.3 Å². The molecule has 1 saturated carbocycles. The number of nitro groups is 1. The summed E-state index contributed by atoms with van der Waals surface area (Å²) >= 11 is 6.08. The maximum Gasteiger partial charge on any atom is 0.269 e. The highest BCUT2D eigenvalue weighted by atomic mass is 35.5. The highest BCUT2D eigenvalue weighted by molar-refractivity contribution is 6.31. The molecule has 0 radical (unpaired) electrons. The predicted octanol–water partition coefficient (Wildman–Crippen LogP) is 5.88. The maximum atomic E-state index is 14.6. The van der Waals surface area contributed by atoms with Crippen molar-refractivity contribution in [3.8, 4) is 11.5 Å². The molecule has 5 aliphatic rings. The van der Waals surface area contributed by atoms with E-state index in [0.717, 1.165) is 21.4 Å². The van der Waals surface area contributed by atoms with E-state index in [4.69, 9.17) is 16.3 Å². The Morgan fingerprint density at radius 1 is 0.959 bits per heavy atom. The lowest BCUT2D eigenvalue weighted by atomic mass is 9.51. The van der Waals surface area contributed by atoms with Crippen LogP contribution in [0.25, 0.3) is 0 Å². The van der Waals surface area contributed by atoms with Gasteiger partial charge in [-0.15, -0.1) is 0 Å². The van der Waals surface area contributed by atoms with Crippen LogP contribution in [0.15, 0.2) is 84.1 Å². The number of fused-ring (bicyclic) bond motifs is 5. The lowest BCUT2D eigenvalue weighted by molar-refractivity contribution is -0.384. The molecule has 3 aliphatic heterocycles. The van der Waals surface area contributed by atoms with Gasteiger partial charge in [0.25, 0.3) is 5.69 Å². The van der Waals surface area contributed by atoms with E-state index in [1.807, 2.05) is 6.08 Å². The molecule has 49 heavy (non-hydrogen) atoms. The van der Waals surface area contributed by atoms with Crippen LogP contribution in [0.3, 0.4) is 0 Å². The van der Waals surface area contributed by atoms with Gasteiger partial charge in [0.05, 0.1) is 50.8 Å². The number of carbonyl (C=O) groups excluding carboxylic acids is 4. The molecule has 0 aromatic heterocycles. The number of imide groups is 2. The molecule has 6 atom stereocenters. The Morgan fingerprint density at radius 3 is 2.41 bits per heavy atom. The van der Waals surface area contributed by atoms with Crippen molar-refractivity contribution < 1.29 is 38.3 Å². The van der Waals surface area contributed by atoms with Crippen molar-refractivity contribution >= 4 is 52.3 Å². The third-order valence-electron chi connectivity index (χ3n) is 10.9. The second-order valence-corrected chi connectivity index (χ2v) is 13.7. The lowest BCUT2D eigenvalue weighted by Crippen LogP contribution is -2.51. The number of allylic oxidation sites excluding steroid dienone is 3. The fourth-order valence-corrected chi connectivity index (χ4v) is 8.87. The van der Waals surface area contributed by atoms with Crippen LogP contribution >= 0.6 is 11.6 Å². The first kappa shape index (κ1) is 30.9. The number of aromatic hydroxyl groups is 1. The summed E-state index contributed by atoms with van der Waals surface area (Å²) in [4.78, 5) is 69.8. The number of nitrogens with zero attached hydrogens (tertiary/aromatic N) is 3. The van der Waals surface area contributed by atoms with E-state index in [9.17, 15) is 38.8 Å². The van der Waals surface area contributed by atoms with Crippen molar-refractivity contribution in [1.29, 1.82) is 0 Å². The molecule has 3 aromatic carbocycles. The molecule has 4 amide bonds. The number of rotatable bonds is 4. The molecule has 1 N–H and O–H groups in total. The number of nitro benzene ring substituents is 1. The molecule has 2 saturated heterocycles. The molecule has 3 aromatic rings. The molecule has 13 heteroatoms. The van der Waals surface area contributed by atoms with E-state index < -0.39 is 69.4 Å². The zero-order chi connectivity index (χ0) is 34.5. The van der Waals surface area contributed by atoms with Crippen LogP contribution in [0.1, 0.15) is 25.3 Å².